The summed E-state index contributed by atoms with van der Waals surface area (Å²) in [5.74, 6) is -0.761. The van der Waals surface area contributed by atoms with Crippen LogP contribution in [0.4, 0.5) is 0 Å². The quantitative estimate of drug-likeness (QED) is 0.755. The summed E-state index contributed by atoms with van der Waals surface area (Å²) in [4.78, 5) is 30.6. The van der Waals surface area contributed by atoms with E-state index in [4.69, 9.17) is 5.11 Å². The number of carboxylic acid groups (broad SMARTS) is 1. The van der Waals surface area contributed by atoms with Gasteiger partial charge in [0.1, 0.15) is 6.33 Å². The van der Waals surface area contributed by atoms with Gasteiger partial charge in [0.25, 0.3) is 0 Å². The fraction of sp³-hybridized carbons (Fsp3) is 0.571. The number of hydrogen-bond acceptors (Lipinski definition) is 4. The highest BCUT2D eigenvalue weighted by molar-refractivity contribution is 5.79. The van der Waals surface area contributed by atoms with Crippen LogP contribution in [0.2, 0.25) is 0 Å². The molecular formula is C14H19N3O3. The maximum absolute atomic E-state index is 12.0. The number of carboxylic acids is 1. The molecule has 0 fully saturated rings. The minimum Gasteiger partial charge on any atom is -0.481 e. The zero-order chi connectivity index (χ0) is 14.4. The second-order valence-electron chi connectivity index (χ2n) is 5.08. The molecule has 0 saturated carbocycles. The van der Waals surface area contributed by atoms with E-state index >= 15 is 0 Å². The lowest BCUT2D eigenvalue weighted by Crippen LogP contribution is -2.34. The summed E-state index contributed by atoms with van der Waals surface area (Å²) in [6, 6.07) is 0. The number of unbranched alkanes of at least 4 members (excludes halogenated alkanes) is 1. The van der Waals surface area contributed by atoms with E-state index in [1.807, 2.05) is 0 Å². The highest BCUT2D eigenvalue weighted by atomic mass is 16.4. The molecule has 0 spiro atoms. The van der Waals surface area contributed by atoms with Crippen molar-refractivity contribution in [2.24, 2.45) is 5.92 Å². The molecule has 6 heteroatoms. The highest BCUT2D eigenvalue weighted by Crippen LogP contribution is 2.23. The molecule has 1 aliphatic carbocycles. The molecule has 1 amide bonds. The number of nitrogens with zero attached hydrogens (tertiary/aromatic N) is 2. The molecule has 0 aromatic carbocycles. The molecule has 20 heavy (non-hydrogen) atoms. The van der Waals surface area contributed by atoms with Gasteiger partial charge in [0.05, 0.1) is 0 Å². The van der Waals surface area contributed by atoms with Gasteiger partial charge < -0.3 is 10.4 Å². The standard InChI is InChI=1S/C14H19N3O3/c18-13(19)3-1-2-6-16-14(20)10-4-5-12-11(7-10)8-15-9-17-12/h8-10H,1-7H2,(H,16,20)(H,18,19). The molecule has 1 aromatic rings. The average molecular weight is 277 g/mol. The Morgan fingerprint density at radius 1 is 1.40 bits per heavy atom. The van der Waals surface area contributed by atoms with Crippen LogP contribution >= 0.6 is 0 Å². The van der Waals surface area contributed by atoms with Crippen molar-refractivity contribution in [3.05, 3.63) is 23.8 Å². The smallest absolute Gasteiger partial charge is 0.303 e. The zero-order valence-electron chi connectivity index (χ0n) is 11.3. The van der Waals surface area contributed by atoms with Gasteiger partial charge in [0, 0.05) is 30.8 Å². The van der Waals surface area contributed by atoms with Crippen molar-refractivity contribution in [2.75, 3.05) is 6.54 Å². The summed E-state index contributed by atoms with van der Waals surface area (Å²) in [5.41, 5.74) is 2.11. The topological polar surface area (TPSA) is 92.2 Å². The van der Waals surface area contributed by atoms with Gasteiger partial charge in [-0.15, -0.1) is 0 Å². The molecule has 2 N–H and O–H groups in total. The molecule has 1 unspecified atom stereocenters. The molecule has 1 heterocycles. The Hall–Kier alpha value is -1.98. The molecule has 1 aliphatic rings. The van der Waals surface area contributed by atoms with Crippen molar-refractivity contribution >= 4 is 11.9 Å². The lowest BCUT2D eigenvalue weighted by molar-refractivity contribution is -0.137. The van der Waals surface area contributed by atoms with Crippen LogP contribution in [0, 0.1) is 5.92 Å². The number of amides is 1. The maximum Gasteiger partial charge on any atom is 0.303 e. The average Bonchev–Trinajstić information content (AvgIpc) is 2.46. The van der Waals surface area contributed by atoms with E-state index < -0.39 is 5.97 Å². The summed E-state index contributed by atoms with van der Waals surface area (Å²) in [5, 5.41) is 11.4. The van der Waals surface area contributed by atoms with E-state index in [1.165, 1.54) is 0 Å². The van der Waals surface area contributed by atoms with Gasteiger partial charge >= 0.3 is 5.97 Å². The lowest BCUT2D eigenvalue weighted by atomic mass is 9.87. The maximum atomic E-state index is 12.0. The Morgan fingerprint density at radius 2 is 2.25 bits per heavy atom. The van der Waals surface area contributed by atoms with E-state index in [0.29, 0.717) is 25.8 Å². The van der Waals surface area contributed by atoms with Gasteiger partial charge in [0.2, 0.25) is 5.91 Å². The largest absolute Gasteiger partial charge is 0.481 e. The third kappa shape index (κ3) is 4.01. The molecule has 1 atom stereocenters. The molecule has 108 valence electrons. The fourth-order valence-electron chi connectivity index (χ4n) is 2.44. The Morgan fingerprint density at radius 3 is 3.05 bits per heavy atom. The number of carbonyl (C=O) groups excluding carboxylic acids is 1. The van der Waals surface area contributed by atoms with Crippen LogP contribution in [0.5, 0.6) is 0 Å². The molecule has 1 aromatic heterocycles. The van der Waals surface area contributed by atoms with Gasteiger partial charge in [-0.25, -0.2) is 9.97 Å². The molecule has 6 nitrogen and oxygen atoms in total. The predicted octanol–water partition coefficient (Wildman–Crippen LogP) is 0.953. The summed E-state index contributed by atoms with van der Waals surface area (Å²) < 4.78 is 0. The van der Waals surface area contributed by atoms with Crippen LogP contribution in [0.25, 0.3) is 0 Å². The predicted molar refractivity (Wildman–Crippen MR) is 72.0 cm³/mol. The first-order valence-corrected chi connectivity index (χ1v) is 6.94. The van der Waals surface area contributed by atoms with Crippen LogP contribution < -0.4 is 5.32 Å². The monoisotopic (exact) mass is 277 g/mol. The van der Waals surface area contributed by atoms with Crippen LogP contribution in [-0.4, -0.2) is 33.5 Å². The Bertz CT molecular complexity index is 490. The molecule has 0 aliphatic heterocycles. The summed E-state index contributed by atoms with van der Waals surface area (Å²) in [7, 11) is 0. The fourth-order valence-corrected chi connectivity index (χ4v) is 2.44. The van der Waals surface area contributed by atoms with Crippen molar-refractivity contribution in [1.82, 2.24) is 15.3 Å². The zero-order valence-corrected chi connectivity index (χ0v) is 11.3. The van der Waals surface area contributed by atoms with Crippen molar-refractivity contribution in [1.29, 1.82) is 0 Å². The van der Waals surface area contributed by atoms with Gasteiger partial charge in [-0.05, 0) is 37.7 Å². The Kier molecular flexibility index (Phi) is 5.03. The van der Waals surface area contributed by atoms with Gasteiger partial charge in [-0.3, -0.25) is 9.59 Å². The number of rotatable bonds is 6. The number of aromatic nitrogens is 2. The van der Waals surface area contributed by atoms with E-state index in [1.54, 1.807) is 12.5 Å². The van der Waals surface area contributed by atoms with E-state index in [0.717, 1.165) is 24.1 Å². The van der Waals surface area contributed by atoms with E-state index in [2.05, 4.69) is 15.3 Å². The van der Waals surface area contributed by atoms with Gasteiger partial charge in [-0.1, -0.05) is 0 Å². The summed E-state index contributed by atoms with van der Waals surface area (Å²) in [6.07, 6.45) is 7.10. The lowest BCUT2D eigenvalue weighted by Gasteiger charge is -2.22. The minimum absolute atomic E-state index is 0.0204. The van der Waals surface area contributed by atoms with Gasteiger partial charge in [-0.2, -0.15) is 0 Å². The third-order valence-electron chi connectivity index (χ3n) is 3.56. The van der Waals surface area contributed by atoms with Crippen LogP contribution in [0.15, 0.2) is 12.5 Å². The van der Waals surface area contributed by atoms with Crippen molar-refractivity contribution < 1.29 is 14.7 Å². The normalized spacial score (nSPS) is 17.3. The van der Waals surface area contributed by atoms with E-state index in [-0.39, 0.29) is 18.2 Å². The first-order chi connectivity index (χ1) is 9.66. The number of carbonyl (C=O) groups is 2. The number of hydrogen-bond donors (Lipinski definition) is 2. The minimum atomic E-state index is -0.791. The SMILES string of the molecule is O=C(O)CCCCNC(=O)C1CCc2ncncc2C1. The number of nitrogens with one attached hydrogen (secondary N) is 1. The van der Waals surface area contributed by atoms with Gasteiger partial charge in [0.15, 0.2) is 0 Å². The molecule has 0 saturated heterocycles. The molecule has 0 bridgehead atoms. The van der Waals surface area contributed by atoms with Crippen LogP contribution in [0.3, 0.4) is 0 Å². The Balaban J connectivity index is 1.73. The van der Waals surface area contributed by atoms with Crippen molar-refractivity contribution in [3.8, 4) is 0 Å². The molecular weight excluding hydrogens is 258 g/mol. The molecule has 0 radical (unpaired) electrons. The second-order valence-corrected chi connectivity index (χ2v) is 5.08. The van der Waals surface area contributed by atoms with Crippen molar-refractivity contribution in [3.63, 3.8) is 0 Å². The number of aliphatic carboxylic acids is 1. The van der Waals surface area contributed by atoms with E-state index in [9.17, 15) is 9.59 Å². The second kappa shape index (κ2) is 6.98. The van der Waals surface area contributed by atoms with Crippen molar-refractivity contribution in [2.45, 2.75) is 38.5 Å². The number of fused-ring (bicyclic) bond motifs is 1. The third-order valence-corrected chi connectivity index (χ3v) is 3.56. The number of aryl methyl sites for hydroxylation is 1. The highest BCUT2D eigenvalue weighted by Gasteiger charge is 2.25. The Labute approximate surface area is 117 Å². The van der Waals surface area contributed by atoms with Crippen LogP contribution in [-0.2, 0) is 22.4 Å². The first kappa shape index (κ1) is 14.4. The first-order valence-electron chi connectivity index (χ1n) is 6.94. The summed E-state index contributed by atoms with van der Waals surface area (Å²) in [6.45, 7) is 0.542. The summed E-state index contributed by atoms with van der Waals surface area (Å²) >= 11 is 0. The van der Waals surface area contributed by atoms with Crippen LogP contribution in [0.1, 0.15) is 36.9 Å². The molecule has 2 rings (SSSR count).